The fourth-order valence-corrected chi connectivity index (χ4v) is 3.95. The highest BCUT2D eigenvalue weighted by Crippen LogP contribution is 2.32. The largest absolute Gasteiger partial charge is 0.349 e. The van der Waals surface area contributed by atoms with Gasteiger partial charge in [-0.05, 0) is 30.9 Å². The minimum absolute atomic E-state index is 0.0316. The molecule has 0 unspecified atom stereocenters. The molecule has 6 heteroatoms. The van der Waals surface area contributed by atoms with E-state index in [0.29, 0.717) is 25.4 Å². The Morgan fingerprint density at radius 2 is 2.17 bits per heavy atom. The third kappa shape index (κ3) is 3.22. The van der Waals surface area contributed by atoms with E-state index in [2.05, 4.69) is 10.3 Å². The van der Waals surface area contributed by atoms with Gasteiger partial charge in [-0.2, -0.15) is 0 Å². The van der Waals surface area contributed by atoms with Crippen LogP contribution in [0.5, 0.6) is 0 Å². The first-order chi connectivity index (χ1) is 11.2. The topological polar surface area (TPSA) is 62.3 Å². The fourth-order valence-electron chi connectivity index (χ4n) is 3.04. The molecule has 2 heterocycles. The van der Waals surface area contributed by atoms with Crippen LogP contribution in [0, 0.1) is 11.8 Å². The normalized spacial score (nSPS) is 21.1. The number of carbonyl (C=O) groups excluding carboxylic acids is 2. The summed E-state index contributed by atoms with van der Waals surface area (Å²) in [4.78, 5) is 30.7. The van der Waals surface area contributed by atoms with Crippen molar-refractivity contribution in [1.29, 1.82) is 0 Å². The van der Waals surface area contributed by atoms with Gasteiger partial charge in [-0.15, -0.1) is 11.3 Å². The van der Waals surface area contributed by atoms with Crippen LogP contribution in [0.4, 0.5) is 0 Å². The van der Waals surface area contributed by atoms with E-state index in [0.717, 1.165) is 21.8 Å². The maximum Gasteiger partial charge on any atom is 0.225 e. The summed E-state index contributed by atoms with van der Waals surface area (Å²) in [5.41, 5.74) is 0.966. The van der Waals surface area contributed by atoms with Crippen molar-refractivity contribution < 1.29 is 9.59 Å². The first-order valence-corrected chi connectivity index (χ1v) is 8.90. The molecule has 5 nitrogen and oxygen atoms in total. The molecule has 1 saturated heterocycles. The van der Waals surface area contributed by atoms with Crippen molar-refractivity contribution in [1.82, 2.24) is 15.2 Å². The van der Waals surface area contributed by atoms with Crippen LogP contribution in [0.25, 0.3) is 10.2 Å². The third-order valence-corrected chi connectivity index (χ3v) is 5.55. The van der Waals surface area contributed by atoms with Gasteiger partial charge >= 0.3 is 0 Å². The Bertz CT molecular complexity index is 720. The zero-order valence-corrected chi connectivity index (χ0v) is 13.6. The molecule has 2 aromatic rings. The van der Waals surface area contributed by atoms with Crippen molar-refractivity contribution in [2.45, 2.75) is 25.8 Å². The second-order valence-corrected chi connectivity index (χ2v) is 7.55. The van der Waals surface area contributed by atoms with Gasteiger partial charge in [0.1, 0.15) is 5.01 Å². The molecule has 23 heavy (non-hydrogen) atoms. The number of nitrogens with zero attached hydrogens (tertiary/aromatic N) is 2. The number of benzene rings is 1. The van der Waals surface area contributed by atoms with Crippen LogP contribution >= 0.6 is 11.3 Å². The van der Waals surface area contributed by atoms with Crippen molar-refractivity contribution in [3.8, 4) is 0 Å². The van der Waals surface area contributed by atoms with Gasteiger partial charge in [0.05, 0.1) is 22.7 Å². The van der Waals surface area contributed by atoms with Gasteiger partial charge < -0.3 is 10.2 Å². The summed E-state index contributed by atoms with van der Waals surface area (Å²) in [6.07, 6.45) is 2.79. The molecule has 0 bridgehead atoms. The average molecular weight is 329 g/mol. The van der Waals surface area contributed by atoms with Gasteiger partial charge in [-0.1, -0.05) is 12.1 Å². The Labute approximate surface area is 138 Å². The molecule has 1 atom stereocenters. The number of rotatable bonds is 5. The Morgan fingerprint density at radius 1 is 1.35 bits per heavy atom. The number of amides is 2. The quantitative estimate of drug-likeness (QED) is 0.914. The van der Waals surface area contributed by atoms with Crippen molar-refractivity contribution in [3.63, 3.8) is 0 Å². The lowest BCUT2D eigenvalue weighted by Gasteiger charge is -2.15. The summed E-state index contributed by atoms with van der Waals surface area (Å²) in [6.45, 7) is 1.84. The van der Waals surface area contributed by atoms with E-state index >= 15 is 0 Å². The van der Waals surface area contributed by atoms with E-state index in [-0.39, 0.29) is 17.7 Å². The van der Waals surface area contributed by atoms with Crippen molar-refractivity contribution in [2.24, 2.45) is 11.8 Å². The molecule has 2 fully saturated rings. The van der Waals surface area contributed by atoms with Crippen molar-refractivity contribution in [2.75, 3.05) is 13.1 Å². The Balaban J connectivity index is 1.33. The zero-order chi connectivity index (χ0) is 15.8. The van der Waals surface area contributed by atoms with Crippen molar-refractivity contribution >= 4 is 33.4 Å². The summed E-state index contributed by atoms with van der Waals surface area (Å²) in [5.74, 6) is 0.548. The maximum absolute atomic E-state index is 12.3. The summed E-state index contributed by atoms with van der Waals surface area (Å²) < 4.78 is 1.13. The van der Waals surface area contributed by atoms with Gasteiger partial charge in [-0.25, -0.2) is 4.98 Å². The number of aromatic nitrogens is 1. The second kappa shape index (κ2) is 5.92. The second-order valence-electron chi connectivity index (χ2n) is 6.44. The number of carbonyl (C=O) groups is 2. The van der Waals surface area contributed by atoms with E-state index in [9.17, 15) is 9.59 Å². The molecule has 4 rings (SSSR count). The van der Waals surface area contributed by atoms with Crippen LogP contribution in [0.3, 0.4) is 0 Å². The Hall–Kier alpha value is -1.95. The molecular formula is C17H19N3O2S. The SMILES string of the molecule is O=C(NCc1nc2ccccc2s1)[C@@H]1CC(=O)N(CC2CC2)C1. The lowest BCUT2D eigenvalue weighted by atomic mass is 10.1. The van der Waals surface area contributed by atoms with E-state index in [1.807, 2.05) is 29.2 Å². The zero-order valence-electron chi connectivity index (χ0n) is 12.8. The summed E-state index contributed by atoms with van der Waals surface area (Å²) >= 11 is 1.60. The smallest absolute Gasteiger partial charge is 0.225 e. The van der Waals surface area contributed by atoms with Crippen LogP contribution in [-0.4, -0.2) is 34.8 Å². The Kier molecular flexibility index (Phi) is 3.77. The molecule has 1 aliphatic carbocycles. The number of hydrogen-bond acceptors (Lipinski definition) is 4. The van der Waals surface area contributed by atoms with Crippen LogP contribution in [0.2, 0.25) is 0 Å². The highest BCUT2D eigenvalue weighted by atomic mass is 32.1. The van der Waals surface area contributed by atoms with Crippen LogP contribution in [0.1, 0.15) is 24.3 Å². The van der Waals surface area contributed by atoms with Gasteiger partial charge in [0.25, 0.3) is 0 Å². The molecule has 1 aromatic carbocycles. The predicted molar refractivity (Wildman–Crippen MR) is 88.9 cm³/mol. The third-order valence-electron chi connectivity index (χ3n) is 4.51. The highest BCUT2D eigenvalue weighted by molar-refractivity contribution is 7.18. The molecular weight excluding hydrogens is 310 g/mol. The molecule has 2 aliphatic rings. The van der Waals surface area contributed by atoms with Gasteiger partial charge in [-0.3, -0.25) is 9.59 Å². The molecule has 0 spiro atoms. The standard InChI is InChI=1S/C17H19N3O2S/c21-16-7-12(10-20(16)9-11-5-6-11)17(22)18-8-15-19-13-3-1-2-4-14(13)23-15/h1-4,11-12H,5-10H2,(H,18,22)/t12-/m1/s1. The molecule has 1 N–H and O–H groups in total. The van der Waals surface area contributed by atoms with E-state index in [1.54, 1.807) is 11.3 Å². The number of nitrogens with one attached hydrogen (secondary N) is 1. The van der Waals surface area contributed by atoms with Crippen LogP contribution in [-0.2, 0) is 16.1 Å². The Morgan fingerprint density at radius 3 is 2.96 bits per heavy atom. The first kappa shape index (κ1) is 14.6. The number of thiazole rings is 1. The predicted octanol–water partition coefficient (Wildman–Crippen LogP) is 2.17. The molecule has 2 amide bonds. The number of fused-ring (bicyclic) bond motifs is 1. The minimum atomic E-state index is -0.212. The number of hydrogen-bond donors (Lipinski definition) is 1. The van der Waals surface area contributed by atoms with Crippen LogP contribution < -0.4 is 5.32 Å². The highest BCUT2D eigenvalue weighted by Gasteiger charge is 2.36. The molecule has 0 radical (unpaired) electrons. The summed E-state index contributed by atoms with van der Waals surface area (Å²) in [6, 6.07) is 7.96. The number of para-hydroxylation sites is 1. The molecule has 1 saturated carbocycles. The monoisotopic (exact) mass is 329 g/mol. The van der Waals surface area contributed by atoms with E-state index < -0.39 is 0 Å². The molecule has 1 aromatic heterocycles. The van der Waals surface area contributed by atoms with E-state index in [1.165, 1.54) is 12.8 Å². The number of likely N-dealkylation sites (tertiary alicyclic amines) is 1. The summed E-state index contributed by atoms with van der Waals surface area (Å²) in [5, 5.41) is 3.84. The average Bonchev–Trinajstić information content (AvgIpc) is 3.14. The van der Waals surface area contributed by atoms with Gasteiger partial charge in [0, 0.05) is 19.5 Å². The maximum atomic E-state index is 12.3. The fraction of sp³-hybridized carbons (Fsp3) is 0.471. The minimum Gasteiger partial charge on any atom is -0.349 e. The van der Waals surface area contributed by atoms with Gasteiger partial charge in [0.2, 0.25) is 11.8 Å². The van der Waals surface area contributed by atoms with Crippen LogP contribution in [0.15, 0.2) is 24.3 Å². The molecule has 1 aliphatic heterocycles. The summed E-state index contributed by atoms with van der Waals surface area (Å²) in [7, 11) is 0. The molecule has 120 valence electrons. The first-order valence-electron chi connectivity index (χ1n) is 8.09. The van der Waals surface area contributed by atoms with Crippen molar-refractivity contribution in [3.05, 3.63) is 29.3 Å². The van der Waals surface area contributed by atoms with Gasteiger partial charge in [0.15, 0.2) is 0 Å². The lowest BCUT2D eigenvalue weighted by molar-refractivity contribution is -0.129. The van der Waals surface area contributed by atoms with E-state index in [4.69, 9.17) is 0 Å². The lowest BCUT2D eigenvalue weighted by Crippen LogP contribution is -2.33.